The smallest absolute Gasteiger partial charge is 0.308 e. The molecule has 1 aromatic carbocycles. The molecule has 0 aliphatic carbocycles. The van der Waals surface area contributed by atoms with Crippen LogP contribution in [0.1, 0.15) is 45.1 Å². The van der Waals surface area contributed by atoms with Gasteiger partial charge in [-0.3, -0.25) is 4.79 Å². The Morgan fingerprint density at radius 2 is 1.22 bits per heavy atom. The average molecular weight is 455 g/mol. The van der Waals surface area contributed by atoms with Gasteiger partial charge in [0.25, 0.3) is 0 Å². The summed E-state index contributed by atoms with van der Waals surface area (Å²) in [5.74, 6) is -0.0988. The van der Waals surface area contributed by atoms with E-state index < -0.39 is 0 Å². The first-order valence-corrected chi connectivity index (χ1v) is 11.9. The number of carbonyl (C=O) groups excluding carboxylic acids is 1. The summed E-state index contributed by atoms with van der Waals surface area (Å²) in [4.78, 5) is 12.0. The Labute approximate surface area is 193 Å². The van der Waals surface area contributed by atoms with Crippen LogP contribution >= 0.6 is 0 Å². The summed E-state index contributed by atoms with van der Waals surface area (Å²) in [6, 6.07) is 10.1. The second kappa shape index (κ2) is 21.3. The number of benzene rings is 1. The zero-order valence-electron chi connectivity index (χ0n) is 19.9. The largest absolute Gasteiger partial charge is 0.463 e. The van der Waals surface area contributed by atoms with Crippen LogP contribution in [0.15, 0.2) is 30.3 Å². The molecule has 0 amide bonds. The lowest BCUT2D eigenvalue weighted by Crippen LogP contribution is -2.20. The lowest BCUT2D eigenvalue weighted by Gasteiger charge is -2.13. The first kappa shape index (κ1) is 28.5. The maximum absolute atomic E-state index is 12.0. The van der Waals surface area contributed by atoms with Gasteiger partial charge in [-0.25, -0.2) is 0 Å². The molecule has 32 heavy (non-hydrogen) atoms. The highest BCUT2D eigenvalue weighted by Gasteiger charge is 2.16. The molecule has 0 saturated heterocycles. The number of hydrogen-bond donors (Lipinski definition) is 0. The molecule has 0 heterocycles. The fourth-order valence-electron chi connectivity index (χ4n) is 2.90. The van der Waals surface area contributed by atoms with Crippen LogP contribution in [0.4, 0.5) is 0 Å². The summed E-state index contributed by atoms with van der Waals surface area (Å²) in [6.07, 6.45) is 3.88. The van der Waals surface area contributed by atoms with E-state index in [0.717, 1.165) is 31.2 Å². The Hall–Kier alpha value is -1.51. The van der Waals surface area contributed by atoms with Crippen molar-refractivity contribution in [2.24, 2.45) is 5.92 Å². The lowest BCUT2D eigenvalue weighted by atomic mass is 10.00. The molecule has 1 rings (SSSR count). The molecule has 184 valence electrons. The molecule has 7 nitrogen and oxygen atoms in total. The third-order valence-electron chi connectivity index (χ3n) is 4.80. The van der Waals surface area contributed by atoms with Crippen molar-refractivity contribution in [3.8, 4) is 0 Å². The van der Waals surface area contributed by atoms with Crippen molar-refractivity contribution in [2.75, 3.05) is 66.1 Å². The second-order valence-corrected chi connectivity index (χ2v) is 7.40. The summed E-state index contributed by atoms with van der Waals surface area (Å²) in [5.41, 5.74) is 1.16. The van der Waals surface area contributed by atoms with E-state index in [1.807, 2.05) is 37.3 Å². The van der Waals surface area contributed by atoms with Gasteiger partial charge in [0.2, 0.25) is 0 Å². The molecule has 0 saturated carbocycles. The molecule has 0 aromatic heterocycles. The van der Waals surface area contributed by atoms with Crippen LogP contribution in [0, 0.1) is 5.92 Å². The number of esters is 1. The predicted molar refractivity (Wildman–Crippen MR) is 124 cm³/mol. The van der Waals surface area contributed by atoms with Crippen molar-refractivity contribution in [3.05, 3.63) is 35.9 Å². The van der Waals surface area contributed by atoms with E-state index in [-0.39, 0.29) is 11.9 Å². The summed E-state index contributed by atoms with van der Waals surface area (Å²) in [6.45, 7) is 9.60. The van der Waals surface area contributed by atoms with E-state index in [9.17, 15) is 4.79 Å². The third-order valence-corrected chi connectivity index (χ3v) is 4.80. The summed E-state index contributed by atoms with van der Waals surface area (Å²) in [7, 11) is 0. The van der Waals surface area contributed by atoms with Crippen molar-refractivity contribution in [1.82, 2.24) is 0 Å². The highest BCUT2D eigenvalue weighted by molar-refractivity contribution is 5.72. The van der Waals surface area contributed by atoms with Gasteiger partial charge in [-0.05, 0) is 18.4 Å². The molecule has 1 aromatic rings. The monoisotopic (exact) mass is 454 g/mol. The molecule has 0 aliphatic heterocycles. The topological polar surface area (TPSA) is 72.5 Å². The highest BCUT2D eigenvalue weighted by Crippen LogP contribution is 2.14. The number of carbonyl (C=O) groups is 1. The van der Waals surface area contributed by atoms with E-state index in [4.69, 9.17) is 28.4 Å². The van der Waals surface area contributed by atoms with Gasteiger partial charge in [0, 0.05) is 0 Å². The van der Waals surface area contributed by atoms with E-state index in [2.05, 4.69) is 6.92 Å². The molecule has 1 unspecified atom stereocenters. The quantitative estimate of drug-likeness (QED) is 0.193. The minimum Gasteiger partial charge on any atom is -0.463 e. The Balaban J connectivity index is 1.76. The average Bonchev–Trinajstić information content (AvgIpc) is 2.82. The SMILES string of the molecule is CCCCC(CC)C(=O)OCCOCCOCCOCCOCCOCc1ccccc1. The molecule has 1 atom stereocenters. The van der Waals surface area contributed by atoms with Crippen molar-refractivity contribution >= 4 is 5.97 Å². The van der Waals surface area contributed by atoms with Gasteiger partial charge in [0.05, 0.1) is 72.0 Å². The van der Waals surface area contributed by atoms with E-state index in [0.29, 0.717) is 72.7 Å². The minimum absolute atomic E-state index is 0.0108. The van der Waals surface area contributed by atoms with Crippen molar-refractivity contribution in [1.29, 1.82) is 0 Å². The van der Waals surface area contributed by atoms with Gasteiger partial charge < -0.3 is 28.4 Å². The third kappa shape index (κ3) is 16.2. The van der Waals surface area contributed by atoms with Gasteiger partial charge in [-0.15, -0.1) is 0 Å². The number of hydrogen-bond acceptors (Lipinski definition) is 7. The highest BCUT2D eigenvalue weighted by atomic mass is 16.6. The predicted octanol–water partition coefficient (Wildman–Crippen LogP) is 4.03. The zero-order chi connectivity index (χ0) is 23.1. The fraction of sp³-hybridized carbons (Fsp3) is 0.720. The molecule has 0 radical (unpaired) electrons. The van der Waals surface area contributed by atoms with E-state index >= 15 is 0 Å². The van der Waals surface area contributed by atoms with Gasteiger partial charge in [-0.2, -0.15) is 0 Å². The van der Waals surface area contributed by atoms with Gasteiger partial charge in [0.1, 0.15) is 6.61 Å². The number of unbranched alkanes of at least 4 members (excludes halogenated alkanes) is 1. The van der Waals surface area contributed by atoms with Crippen LogP contribution < -0.4 is 0 Å². The van der Waals surface area contributed by atoms with Gasteiger partial charge >= 0.3 is 5.97 Å². The van der Waals surface area contributed by atoms with E-state index in [1.54, 1.807) is 0 Å². The molecular weight excluding hydrogens is 412 g/mol. The summed E-state index contributed by atoms with van der Waals surface area (Å²) in [5, 5.41) is 0. The standard InChI is InChI=1S/C25H42O7/c1-3-5-11-24(4-2)25(26)32-21-20-30-17-16-28-13-12-27-14-15-29-18-19-31-22-23-9-7-6-8-10-23/h6-10,24H,3-5,11-22H2,1-2H3. The maximum atomic E-state index is 12.0. The first-order chi connectivity index (χ1) is 15.8. The molecule has 0 N–H and O–H groups in total. The molecule has 7 heteroatoms. The van der Waals surface area contributed by atoms with Crippen LogP contribution in [0.25, 0.3) is 0 Å². The van der Waals surface area contributed by atoms with Crippen molar-refractivity contribution in [2.45, 2.75) is 46.1 Å². The molecule has 0 aliphatic rings. The van der Waals surface area contributed by atoms with Gasteiger partial charge in [-0.1, -0.05) is 57.0 Å². The molecular formula is C25H42O7. The first-order valence-electron chi connectivity index (χ1n) is 11.9. The normalized spacial score (nSPS) is 12.1. The Bertz CT molecular complexity index is 538. The fourth-order valence-corrected chi connectivity index (χ4v) is 2.90. The minimum atomic E-state index is -0.110. The number of ether oxygens (including phenoxy) is 6. The number of rotatable bonds is 22. The van der Waals surface area contributed by atoms with Crippen LogP contribution in [-0.2, 0) is 39.8 Å². The van der Waals surface area contributed by atoms with Crippen molar-refractivity contribution in [3.63, 3.8) is 0 Å². The molecule has 0 bridgehead atoms. The van der Waals surface area contributed by atoms with Gasteiger partial charge in [0.15, 0.2) is 0 Å². The maximum Gasteiger partial charge on any atom is 0.308 e. The van der Waals surface area contributed by atoms with Crippen LogP contribution in [-0.4, -0.2) is 72.0 Å². The lowest BCUT2D eigenvalue weighted by molar-refractivity contribution is -0.150. The van der Waals surface area contributed by atoms with Crippen molar-refractivity contribution < 1.29 is 33.2 Å². The molecule has 0 fully saturated rings. The summed E-state index contributed by atoms with van der Waals surface area (Å²) >= 11 is 0. The molecule has 0 spiro atoms. The summed E-state index contributed by atoms with van der Waals surface area (Å²) < 4.78 is 32.6. The van der Waals surface area contributed by atoms with Crippen LogP contribution in [0.5, 0.6) is 0 Å². The van der Waals surface area contributed by atoms with Crippen LogP contribution in [0.2, 0.25) is 0 Å². The Kier molecular flexibility index (Phi) is 19.0. The Morgan fingerprint density at radius 1 is 0.719 bits per heavy atom. The second-order valence-electron chi connectivity index (χ2n) is 7.40. The van der Waals surface area contributed by atoms with E-state index in [1.165, 1.54) is 0 Å². The van der Waals surface area contributed by atoms with Crippen LogP contribution in [0.3, 0.4) is 0 Å². The zero-order valence-corrected chi connectivity index (χ0v) is 19.9. The Morgan fingerprint density at radius 3 is 1.72 bits per heavy atom.